The van der Waals surface area contributed by atoms with Crippen molar-refractivity contribution >= 4 is 22.2 Å². The fraction of sp³-hybridized carbons (Fsp3) is 0.182. The van der Waals surface area contributed by atoms with Crippen LogP contribution >= 0.6 is 11.3 Å². The van der Waals surface area contributed by atoms with Gasteiger partial charge in [0, 0.05) is 26.2 Å². The van der Waals surface area contributed by atoms with E-state index in [1.165, 1.54) is 23.5 Å². The van der Waals surface area contributed by atoms with E-state index in [9.17, 15) is 15.2 Å². The summed E-state index contributed by atoms with van der Waals surface area (Å²) in [6.45, 7) is 0. The Bertz CT molecular complexity index is 578. The molecule has 0 spiro atoms. The molecule has 1 N–H and O–H groups in total. The lowest BCUT2D eigenvalue weighted by molar-refractivity contribution is -0.384. The zero-order chi connectivity index (χ0) is 13.3. The van der Waals surface area contributed by atoms with Crippen LogP contribution in [-0.2, 0) is 0 Å². The number of nitrogens with zero attached hydrogens (tertiary/aromatic N) is 3. The molecular weight excluding hydrogens is 254 g/mol. The summed E-state index contributed by atoms with van der Waals surface area (Å²) in [5, 5.41) is 21.0. The summed E-state index contributed by atoms with van der Waals surface area (Å²) in [6.07, 6.45) is 0. The quantitative estimate of drug-likeness (QED) is 0.681. The van der Waals surface area contributed by atoms with Gasteiger partial charge in [-0.2, -0.15) is 4.98 Å². The molecule has 0 amide bonds. The first-order chi connectivity index (χ1) is 8.49. The van der Waals surface area contributed by atoms with Gasteiger partial charge < -0.3 is 10.0 Å². The number of rotatable bonds is 3. The molecule has 0 radical (unpaired) electrons. The molecule has 2 aromatic rings. The van der Waals surface area contributed by atoms with E-state index in [0.717, 1.165) is 0 Å². The Kier molecular flexibility index (Phi) is 3.15. The van der Waals surface area contributed by atoms with Gasteiger partial charge in [-0.25, -0.2) is 0 Å². The maximum atomic E-state index is 10.5. The van der Waals surface area contributed by atoms with E-state index < -0.39 is 4.92 Å². The summed E-state index contributed by atoms with van der Waals surface area (Å²) in [6, 6.07) is 6.02. The van der Waals surface area contributed by atoms with Crippen LogP contribution in [0.15, 0.2) is 24.3 Å². The van der Waals surface area contributed by atoms with E-state index in [1.807, 2.05) is 14.1 Å². The molecule has 0 unspecified atom stereocenters. The van der Waals surface area contributed by atoms with Crippen molar-refractivity contribution in [3.63, 3.8) is 0 Å². The Morgan fingerprint density at radius 2 is 1.94 bits per heavy atom. The Morgan fingerprint density at radius 3 is 2.39 bits per heavy atom. The van der Waals surface area contributed by atoms with Crippen molar-refractivity contribution in [2.24, 2.45) is 0 Å². The molecule has 94 valence electrons. The van der Waals surface area contributed by atoms with Crippen LogP contribution < -0.4 is 4.90 Å². The van der Waals surface area contributed by atoms with Crippen LogP contribution in [0.2, 0.25) is 0 Å². The zero-order valence-corrected chi connectivity index (χ0v) is 10.6. The third-order valence-electron chi connectivity index (χ3n) is 2.32. The third kappa shape index (κ3) is 2.25. The van der Waals surface area contributed by atoms with Gasteiger partial charge in [0.05, 0.1) is 9.80 Å². The molecule has 1 aromatic carbocycles. The molecular formula is C11H11N3O3S. The molecule has 0 atom stereocenters. The molecule has 0 aliphatic heterocycles. The zero-order valence-electron chi connectivity index (χ0n) is 9.82. The highest BCUT2D eigenvalue weighted by atomic mass is 32.1. The van der Waals surface area contributed by atoms with E-state index in [1.54, 1.807) is 17.0 Å². The second-order valence-electron chi connectivity index (χ2n) is 3.85. The number of non-ortho nitro benzene ring substituents is 1. The van der Waals surface area contributed by atoms with Crippen molar-refractivity contribution in [2.75, 3.05) is 19.0 Å². The number of benzene rings is 1. The van der Waals surface area contributed by atoms with Gasteiger partial charge in [0.1, 0.15) is 0 Å². The molecule has 1 aromatic heterocycles. The number of hydrogen-bond donors (Lipinski definition) is 1. The van der Waals surface area contributed by atoms with Crippen LogP contribution in [0, 0.1) is 10.1 Å². The van der Waals surface area contributed by atoms with Crippen LogP contribution in [0.4, 0.5) is 10.8 Å². The number of nitro groups is 1. The first-order valence-electron chi connectivity index (χ1n) is 5.11. The lowest BCUT2D eigenvalue weighted by atomic mass is 10.2. The fourth-order valence-electron chi connectivity index (χ4n) is 1.41. The van der Waals surface area contributed by atoms with Gasteiger partial charge in [0.2, 0.25) is 5.88 Å². The van der Waals surface area contributed by atoms with Gasteiger partial charge in [-0.15, -0.1) is 0 Å². The summed E-state index contributed by atoms with van der Waals surface area (Å²) in [5.41, 5.74) is 0.735. The van der Waals surface area contributed by atoms with Crippen molar-refractivity contribution in [3.05, 3.63) is 34.4 Å². The SMILES string of the molecule is CN(C)c1nc(O)c(-c2ccc([N+](=O)[O-])cc2)s1. The molecule has 2 rings (SSSR count). The third-order valence-corrected chi connectivity index (χ3v) is 3.58. The second kappa shape index (κ2) is 4.61. The van der Waals surface area contributed by atoms with Crippen molar-refractivity contribution in [2.45, 2.75) is 0 Å². The van der Waals surface area contributed by atoms with Gasteiger partial charge in [0.25, 0.3) is 5.69 Å². The molecule has 7 heteroatoms. The Hall–Kier alpha value is -2.15. The molecule has 6 nitrogen and oxygen atoms in total. The highest BCUT2D eigenvalue weighted by molar-refractivity contribution is 7.19. The number of nitro benzene ring substituents is 1. The van der Waals surface area contributed by atoms with Gasteiger partial charge in [-0.1, -0.05) is 11.3 Å². The Morgan fingerprint density at radius 1 is 1.33 bits per heavy atom. The van der Waals surface area contributed by atoms with Crippen molar-refractivity contribution in [1.29, 1.82) is 0 Å². The molecule has 18 heavy (non-hydrogen) atoms. The minimum Gasteiger partial charge on any atom is -0.492 e. The van der Waals surface area contributed by atoms with Crippen molar-refractivity contribution < 1.29 is 10.0 Å². The normalized spacial score (nSPS) is 10.3. The van der Waals surface area contributed by atoms with Crippen molar-refractivity contribution in [3.8, 4) is 16.3 Å². The highest BCUT2D eigenvalue weighted by Gasteiger charge is 2.14. The van der Waals surface area contributed by atoms with Gasteiger partial charge in [-0.3, -0.25) is 10.1 Å². The van der Waals surface area contributed by atoms with Crippen molar-refractivity contribution in [1.82, 2.24) is 4.98 Å². The molecule has 0 aliphatic rings. The van der Waals surface area contributed by atoms with E-state index >= 15 is 0 Å². The van der Waals surface area contributed by atoms with Gasteiger partial charge in [0.15, 0.2) is 5.13 Å². The first-order valence-corrected chi connectivity index (χ1v) is 5.92. The summed E-state index contributed by atoms with van der Waals surface area (Å²) < 4.78 is 0. The molecule has 0 saturated heterocycles. The van der Waals surface area contributed by atoms with E-state index in [2.05, 4.69) is 4.98 Å². The van der Waals surface area contributed by atoms with Crippen LogP contribution in [-0.4, -0.2) is 29.1 Å². The molecule has 0 aliphatic carbocycles. The predicted molar refractivity (Wildman–Crippen MR) is 70.2 cm³/mol. The summed E-state index contributed by atoms with van der Waals surface area (Å²) in [4.78, 5) is 16.5. The number of aromatic hydroxyl groups is 1. The van der Waals surface area contributed by atoms with E-state index in [0.29, 0.717) is 15.6 Å². The molecule has 1 heterocycles. The average Bonchev–Trinajstić information content (AvgIpc) is 2.71. The average molecular weight is 265 g/mol. The lowest BCUT2D eigenvalue weighted by Gasteiger charge is -2.04. The largest absolute Gasteiger partial charge is 0.492 e. The van der Waals surface area contributed by atoms with Crippen LogP contribution in [0.1, 0.15) is 0 Å². The smallest absolute Gasteiger partial charge is 0.269 e. The molecule has 0 saturated carbocycles. The minimum atomic E-state index is -0.457. The maximum Gasteiger partial charge on any atom is 0.269 e. The van der Waals surface area contributed by atoms with Crippen LogP contribution in [0.3, 0.4) is 0 Å². The van der Waals surface area contributed by atoms with E-state index in [4.69, 9.17) is 0 Å². The predicted octanol–water partition coefficient (Wildman–Crippen LogP) is 2.49. The molecule has 0 bridgehead atoms. The number of aromatic nitrogens is 1. The standard InChI is InChI=1S/C11H11N3O3S/c1-13(2)11-12-10(15)9(18-11)7-3-5-8(6-4-7)14(16)17/h3-6,15H,1-2H3. The maximum absolute atomic E-state index is 10.5. The summed E-state index contributed by atoms with van der Waals surface area (Å²) >= 11 is 1.33. The number of hydrogen-bond acceptors (Lipinski definition) is 6. The van der Waals surface area contributed by atoms with E-state index in [-0.39, 0.29) is 11.6 Å². The Labute approximate surface area is 107 Å². The first kappa shape index (κ1) is 12.3. The van der Waals surface area contributed by atoms with Gasteiger partial charge >= 0.3 is 0 Å². The second-order valence-corrected chi connectivity index (χ2v) is 4.83. The minimum absolute atomic E-state index is 0.0237. The number of anilines is 1. The Balaban J connectivity index is 2.39. The van der Waals surface area contributed by atoms with Crippen LogP contribution in [0.25, 0.3) is 10.4 Å². The fourth-order valence-corrected chi connectivity index (χ4v) is 2.30. The highest BCUT2D eigenvalue weighted by Crippen LogP contribution is 2.38. The molecule has 0 fully saturated rings. The van der Waals surface area contributed by atoms with Crippen LogP contribution in [0.5, 0.6) is 5.88 Å². The summed E-state index contributed by atoms with van der Waals surface area (Å²) in [5.74, 6) is -0.0578. The number of thiazole rings is 1. The topological polar surface area (TPSA) is 79.5 Å². The van der Waals surface area contributed by atoms with Gasteiger partial charge in [-0.05, 0) is 17.7 Å². The monoisotopic (exact) mass is 265 g/mol. The lowest BCUT2D eigenvalue weighted by Crippen LogP contribution is -2.07. The summed E-state index contributed by atoms with van der Waals surface area (Å²) in [7, 11) is 3.66.